The van der Waals surface area contributed by atoms with E-state index < -0.39 is 23.9 Å². The molecule has 84 valence electrons. The molecule has 1 rings (SSSR count). The zero-order valence-corrected chi connectivity index (χ0v) is 8.74. The first-order valence-electron chi connectivity index (χ1n) is 3.76. The van der Waals surface area contributed by atoms with E-state index in [4.69, 9.17) is 0 Å². The highest BCUT2D eigenvalue weighted by Gasteiger charge is 2.35. The highest BCUT2D eigenvalue weighted by atomic mass is 79.9. The van der Waals surface area contributed by atoms with Gasteiger partial charge in [-0.1, -0.05) is 15.9 Å². The maximum Gasteiger partial charge on any atom is 0.433 e. The number of aromatic nitrogens is 1. The van der Waals surface area contributed by atoms with Crippen LogP contribution in [0.4, 0.5) is 22.0 Å². The van der Waals surface area contributed by atoms with E-state index in [1.54, 1.807) is 0 Å². The van der Waals surface area contributed by atoms with Crippen molar-refractivity contribution in [1.29, 1.82) is 0 Å². The second-order valence-corrected chi connectivity index (χ2v) is 3.27. The van der Waals surface area contributed by atoms with Crippen molar-refractivity contribution in [2.45, 2.75) is 17.9 Å². The van der Waals surface area contributed by atoms with Gasteiger partial charge < -0.3 is 0 Å². The Morgan fingerprint density at radius 2 is 1.93 bits per heavy atom. The van der Waals surface area contributed by atoms with Gasteiger partial charge in [0, 0.05) is 17.1 Å². The lowest BCUT2D eigenvalue weighted by Crippen LogP contribution is -2.11. The lowest BCUT2D eigenvalue weighted by atomic mass is 10.1. The maximum atomic E-state index is 12.3. The molecular weight excluding hydrogens is 285 g/mol. The smallest absolute Gasteiger partial charge is 0.251 e. The molecule has 0 bridgehead atoms. The fourth-order valence-electron chi connectivity index (χ4n) is 1.01. The molecule has 1 nitrogen and oxygen atoms in total. The van der Waals surface area contributed by atoms with Crippen molar-refractivity contribution in [3.63, 3.8) is 0 Å². The third kappa shape index (κ3) is 2.87. The summed E-state index contributed by atoms with van der Waals surface area (Å²) in [5.41, 5.74) is -1.94. The summed E-state index contributed by atoms with van der Waals surface area (Å²) in [7, 11) is 0. The molecule has 0 unspecified atom stereocenters. The molecule has 0 aliphatic heterocycles. The first-order valence-corrected chi connectivity index (χ1v) is 4.88. The number of nitrogens with zero attached hydrogens (tertiary/aromatic N) is 1. The van der Waals surface area contributed by atoms with E-state index in [0.717, 1.165) is 6.07 Å². The quantitative estimate of drug-likeness (QED) is 0.594. The van der Waals surface area contributed by atoms with E-state index in [2.05, 4.69) is 20.9 Å². The second-order valence-electron chi connectivity index (χ2n) is 2.71. The van der Waals surface area contributed by atoms with Gasteiger partial charge in [0.1, 0.15) is 5.69 Å². The summed E-state index contributed by atoms with van der Waals surface area (Å²) in [5.74, 6) is 0. The molecule has 0 saturated carbocycles. The summed E-state index contributed by atoms with van der Waals surface area (Å²) in [4.78, 5) is 3.01. The van der Waals surface area contributed by atoms with Crippen LogP contribution in [-0.4, -0.2) is 4.98 Å². The van der Waals surface area contributed by atoms with Crippen LogP contribution >= 0.6 is 15.9 Å². The van der Waals surface area contributed by atoms with Crippen LogP contribution in [0, 0.1) is 0 Å². The van der Waals surface area contributed by atoms with Crippen molar-refractivity contribution in [3.8, 4) is 0 Å². The van der Waals surface area contributed by atoms with Gasteiger partial charge in [-0.15, -0.1) is 0 Å². The minimum Gasteiger partial charge on any atom is -0.251 e. The van der Waals surface area contributed by atoms with Gasteiger partial charge >= 0.3 is 6.18 Å². The predicted octanol–water partition coefficient (Wildman–Crippen LogP) is 3.93. The number of hydrogen-bond donors (Lipinski definition) is 0. The molecule has 1 aromatic heterocycles. The van der Waals surface area contributed by atoms with Crippen LogP contribution in [0.15, 0.2) is 12.3 Å². The van der Waals surface area contributed by atoms with E-state index >= 15 is 0 Å². The van der Waals surface area contributed by atoms with Gasteiger partial charge in [0.25, 0.3) is 6.43 Å². The molecule has 7 heteroatoms. The Morgan fingerprint density at radius 3 is 2.33 bits per heavy atom. The van der Waals surface area contributed by atoms with Crippen molar-refractivity contribution in [1.82, 2.24) is 4.98 Å². The minimum absolute atomic E-state index is 0.171. The number of rotatable bonds is 2. The fourth-order valence-corrected chi connectivity index (χ4v) is 1.43. The molecule has 0 amide bonds. The summed E-state index contributed by atoms with van der Waals surface area (Å²) in [5, 5.41) is -0.171. The van der Waals surface area contributed by atoms with Crippen molar-refractivity contribution in [2.75, 3.05) is 0 Å². The minimum atomic E-state index is -4.62. The average Bonchev–Trinajstić information content (AvgIpc) is 2.15. The molecule has 0 aromatic carbocycles. The van der Waals surface area contributed by atoms with E-state index in [1.165, 1.54) is 0 Å². The van der Waals surface area contributed by atoms with E-state index in [9.17, 15) is 22.0 Å². The summed E-state index contributed by atoms with van der Waals surface area (Å²) < 4.78 is 61.2. The molecule has 0 radical (unpaired) electrons. The van der Waals surface area contributed by atoms with E-state index in [0.29, 0.717) is 6.20 Å². The molecular formula is C8H5BrF5N. The Bertz CT molecular complexity index is 349. The van der Waals surface area contributed by atoms with Gasteiger partial charge in [0.15, 0.2) is 0 Å². The highest BCUT2D eigenvalue weighted by Crippen LogP contribution is 2.32. The molecule has 0 spiro atoms. The van der Waals surface area contributed by atoms with E-state index in [1.807, 2.05) is 0 Å². The second kappa shape index (κ2) is 4.42. The Balaban J connectivity index is 3.21. The predicted molar refractivity (Wildman–Crippen MR) is 46.8 cm³/mol. The molecule has 0 aliphatic rings. The Kier molecular flexibility index (Phi) is 3.64. The average molecular weight is 290 g/mol. The van der Waals surface area contributed by atoms with Crippen LogP contribution in [0.25, 0.3) is 0 Å². The Hall–Kier alpha value is -0.720. The molecule has 0 N–H and O–H groups in total. The third-order valence-corrected chi connectivity index (χ3v) is 2.26. The van der Waals surface area contributed by atoms with Crippen molar-refractivity contribution in [2.24, 2.45) is 0 Å². The van der Waals surface area contributed by atoms with Gasteiger partial charge in [-0.3, -0.25) is 4.98 Å². The largest absolute Gasteiger partial charge is 0.433 e. The summed E-state index contributed by atoms with van der Waals surface area (Å²) >= 11 is 2.80. The summed E-state index contributed by atoms with van der Waals surface area (Å²) in [6.07, 6.45) is -6.90. The summed E-state index contributed by atoms with van der Waals surface area (Å²) in [6, 6.07) is 0.801. The van der Waals surface area contributed by atoms with Gasteiger partial charge in [-0.25, -0.2) is 8.78 Å². The Morgan fingerprint density at radius 1 is 1.33 bits per heavy atom. The van der Waals surface area contributed by atoms with Crippen LogP contribution in [0.2, 0.25) is 0 Å². The van der Waals surface area contributed by atoms with Crippen LogP contribution in [0.5, 0.6) is 0 Å². The standard InChI is InChI=1S/C8H5BrF5N/c9-2-4-1-5(7(10)11)3-15-6(4)8(12,13)14/h1,3,7H,2H2. The third-order valence-electron chi connectivity index (χ3n) is 1.65. The molecule has 0 aliphatic carbocycles. The SMILES string of the molecule is FC(F)c1cnc(C(F)(F)F)c(CBr)c1. The van der Waals surface area contributed by atoms with Crippen LogP contribution < -0.4 is 0 Å². The first-order chi connectivity index (χ1) is 6.86. The van der Waals surface area contributed by atoms with Crippen LogP contribution in [0.1, 0.15) is 23.2 Å². The van der Waals surface area contributed by atoms with Crippen LogP contribution in [-0.2, 0) is 11.5 Å². The van der Waals surface area contributed by atoms with Crippen molar-refractivity contribution in [3.05, 3.63) is 29.1 Å². The Labute approximate surface area is 90.4 Å². The van der Waals surface area contributed by atoms with Crippen LogP contribution in [0.3, 0.4) is 0 Å². The lowest BCUT2D eigenvalue weighted by molar-refractivity contribution is -0.141. The number of halogens is 6. The summed E-state index contributed by atoms with van der Waals surface area (Å²) in [6.45, 7) is 0. The molecule has 15 heavy (non-hydrogen) atoms. The molecule has 0 fully saturated rings. The monoisotopic (exact) mass is 289 g/mol. The highest BCUT2D eigenvalue weighted by molar-refractivity contribution is 9.08. The maximum absolute atomic E-state index is 12.3. The molecule has 0 atom stereocenters. The van der Waals surface area contributed by atoms with Crippen molar-refractivity contribution < 1.29 is 22.0 Å². The van der Waals surface area contributed by atoms with E-state index in [-0.39, 0.29) is 10.9 Å². The molecule has 0 saturated heterocycles. The zero-order chi connectivity index (χ0) is 11.6. The number of pyridine rings is 1. The van der Waals surface area contributed by atoms with Gasteiger partial charge in [-0.2, -0.15) is 13.2 Å². The normalized spacial score (nSPS) is 12.2. The number of hydrogen-bond acceptors (Lipinski definition) is 1. The zero-order valence-electron chi connectivity index (χ0n) is 7.15. The van der Waals surface area contributed by atoms with Gasteiger partial charge in [-0.05, 0) is 11.6 Å². The number of alkyl halides is 6. The fraction of sp³-hybridized carbons (Fsp3) is 0.375. The topological polar surface area (TPSA) is 12.9 Å². The van der Waals surface area contributed by atoms with Gasteiger partial charge in [0.2, 0.25) is 0 Å². The first kappa shape index (κ1) is 12.4. The molecule has 1 heterocycles. The molecule has 1 aromatic rings. The lowest BCUT2D eigenvalue weighted by Gasteiger charge is -2.11. The van der Waals surface area contributed by atoms with Crippen molar-refractivity contribution >= 4 is 15.9 Å². The van der Waals surface area contributed by atoms with Gasteiger partial charge in [0.05, 0.1) is 0 Å².